The van der Waals surface area contributed by atoms with Gasteiger partial charge in [-0.2, -0.15) is 0 Å². The first-order valence-corrected chi connectivity index (χ1v) is 7.81. The number of halogens is 2. The molecule has 2 rings (SSSR count). The highest BCUT2D eigenvalue weighted by Crippen LogP contribution is 2.21. The molecule has 0 amide bonds. The number of rotatable bonds is 5. The summed E-state index contributed by atoms with van der Waals surface area (Å²) in [5.74, 6) is 0.487. The summed E-state index contributed by atoms with van der Waals surface area (Å²) in [4.78, 5) is 2.39. The Bertz CT molecular complexity index is 430. The van der Waals surface area contributed by atoms with Gasteiger partial charge in [-0.3, -0.25) is 0 Å². The smallest absolute Gasteiger partial charge is 0.142 e. The molecular formula is C16H24ClFN2. The minimum Gasteiger partial charge on any atom is -0.310 e. The molecule has 1 N–H and O–H groups in total. The van der Waals surface area contributed by atoms with Gasteiger partial charge in [-0.25, -0.2) is 4.39 Å². The minimum absolute atomic E-state index is 0.160. The third kappa shape index (κ3) is 4.44. The maximum absolute atomic E-state index is 13.4. The zero-order valence-electron chi connectivity index (χ0n) is 12.3. The summed E-state index contributed by atoms with van der Waals surface area (Å²) in [6.45, 7) is 5.47. The van der Waals surface area contributed by atoms with E-state index in [4.69, 9.17) is 11.6 Å². The van der Waals surface area contributed by atoms with Crippen LogP contribution in [0.1, 0.15) is 37.8 Å². The molecule has 0 aromatic heterocycles. The zero-order chi connectivity index (χ0) is 14.5. The van der Waals surface area contributed by atoms with Gasteiger partial charge in [0.2, 0.25) is 0 Å². The molecule has 1 aliphatic rings. The van der Waals surface area contributed by atoms with Crippen molar-refractivity contribution in [3.63, 3.8) is 0 Å². The SMILES string of the molecule is CC(NCCC1CCN(C)CC1)c1ccc(Cl)c(F)c1. The lowest BCUT2D eigenvalue weighted by molar-refractivity contribution is 0.211. The van der Waals surface area contributed by atoms with Crippen molar-refractivity contribution in [2.24, 2.45) is 5.92 Å². The lowest BCUT2D eigenvalue weighted by atomic mass is 9.93. The number of hydrogen-bond acceptors (Lipinski definition) is 2. The molecule has 0 saturated carbocycles. The Hall–Kier alpha value is -0.640. The van der Waals surface area contributed by atoms with Gasteiger partial charge in [0, 0.05) is 6.04 Å². The topological polar surface area (TPSA) is 15.3 Å². The molecule has 4 heteroatoms. The van der Waals surface area contributed by atoms with Crippen LogP contribution >= 0.6 is 11.6 Å². The molecule has 1 heterocycles. The van der Waals surface area contributed by atoms with Gasteiger partial charge in [0.15, 0.2) is 0 Å². The van der Waals surface area contributed by atoms with Crippen LogP contribution < -0.4 is 5.32 Å². The van der Waals surface area contributed by atoms with Crippen LogP contribution in [0.3, 0.4) is 0 Å². The Kier molecular flexibility index (Phi) is 5.82. The van der Waals surface area contributed by atoms with Crippen LogP contribution in [-0.4, -0.2) is 31.6 Å². The highest BCUT2D eigenvalue weighted by molar-refractivity contribution is 6.30. The largest absolute Gasteiger partial charge is 0.310 e. The quantitative estimate of drug-likeness (QED) is 0.888. The van der Waals surface area contributed by atoms with Gasteiger partial charge < -0.3 is 10.2 Å². The molecule has 0 aliphatic carbocycles. The molecule has 112 valence electrons. The third-order valence-electron chi connectivity index (χ3n) is 4.28. The summed E-state index contributed by atoms with van der Waals surface area (Å²) < 4.78 is 13.4. The van der Waals surface area contributed by atoms with E-state index >= 15 is 0 Å². The number of piperidine rings is 1. The predicted molar refractivity (Wildman–Crippen MR) is 82.7 cm³/mol. The lowest BCUT2D eigenvalue weighted by Gasteiger charge is -2.29. The minimum atomic E-state index is -0.340. The summed E-state index contributed by atoms with van der Waals surface area (Å²) >= 11 is 5.70. The predicted octanol–water partition coefficient (Wildman–Crippen LogP) is 3.86. The molecule has 1 aliphatic heterocycles. The fourth-order valence-corrected chi connectivity index (χ4v) is 2.87. The van der Waals surface area contributed by atoms with Crippen LogP contribution in [0.25, 0.3) is 0 Å². The van der Waals surface area contributed by atoms with E-state index in [1.165, 1.54) is 38.4 Å². The monoisotopic (exact) mass is 298 g/mol. The van der Waals surface area contributed by atoms with Gasteiger partial charge in [-0.1, -0.05) is 17.7 Å². The van der Waals surface area contributed by atoms with E-state index in [9.17, 15) is 4.39 Å². The van der Waals surface area contributed by atoms with Gasteiger partial charge in [0.05, 0.1) is 5.02 Å². The van der Waals surface area contributed by atoms with Crippen molar-refractivity contribution in [2.75, 3.05) is 26.7 Å². The zero-order valence-corrected chi connectivity index (χ0v) is 13.1. The van der Waals surface area contributed by atoms with Gasteiger partial charge in [-0.15, -0.1) is 0 Å². The molecule has 1 aromatic carbocycles. The van der Waals surface area contributed by atoms with Crippen LogP contribution in [0.15, 0.2) is 18.2 Å². The second-order valence-corrected chi connectivity index (χ2v) is 6.29. The van der Waals surface area contributed by atoms with Gasteiger partial charge in [0.1, 0.15) is 5.82 Å². The van der Waals surface area contributed by atoms with Crippen molar-refractivity contribution in [3.8, 4) is 0 Å². The van der Waals surface area contributed by atoms with Crippen molar-refractivity contribution in [2.45, 2.75) is 32.2 Å². The molecular weight excluding hydrogens is 275 g/mol. The summed E-state index contributed by atoms with van der Waals surface area (Å²) in [6.07, 6.45) is 3.79. The fraction of sp³-hybridized carbons (Fsp3) is 0.625. The first-order chi connectivity index (χ1) is 9.56. The Morgan fingerprint density at radius 1 is 1.40 bits per heavy atom. The number of nitrogens with zero attached hydrogens (tertiary/aromatic N) is 1. The standard InChI is InChI=1S/C16H24ClFN2/c1-12(14-3-4-15(17)16(18)11-14)19-8-5-13-6-9-20(2)10-7-13/h3-4,11-13,19H,5-10H2,1-2H3. The first kappa shape index (κ1) is 15.7. The number of benzene rings is 1. The Balaban J connectivity index is 1.74. The highest BCUT2D eigenvalue weighted by atomic mass is 35.5. The van der Waals surface area contributed by atoms with Crippen molar-refractivity contribution in [3.05, 3.63) is 34.6 Å². The van der Waals surface area contributed by atoms with Crippen LogP contribution in [-0.2, 0) is 0 Å². The maximum Gasteiger partial charge on any atom is 0.142 e. The fourth-order valence-electron chi connectivity index (χ4n) is 2.75. The molecule has 0 spiro atoms. The van der Waals surface area contributed by atoms with Gasteiger partial charge in [0.25, 0.3) is 0 Å². The molecule has 2 nitrogen and oxygen atoms in total. The maximum atomic E-state index is 13.4. The van der Waals surface area contributed by atoms with E-state index in [2.05, 4.69) is 24.2 Å². The van der Waals surface area contributed by atoms with E-state index < -0.39 is 0 Å². The van der Waals surface area contributed by atoms with E-state index in [0.717, 1.165) is 18.0 Å². The summed E-state index contributed by atoms with van der Waals surface area (Å²) in [7, 11) is 2.19. The first-order valence-electron chi connectivity index (χ1n) is 7.43. The third-order valence-corrected chi connectivity index (χ3v) is 4.59. The number of nitrogens with one attached hydrogen (secondary N) is 1. The average Bonchev–Trinajstić information content (AvgIpc) is 2.44. The molecule has 1 unspecified atom stereocenters. The Morgan fingerprint density at radius 2 is 2.10 bits per heavy atom. The highest BCUT2D eigenvalue weighted by Gasteiger charge is 2.16. The van der Waals surface area contributed by atoms with E-state index in [-0.39, 0.29) is 16.9 Å². The molecule has 1 fully saturated rings. The van der Waals surface area contributed by atoms with Gasteiger partial charge >= 0.3 is 0 Å². The number of likely N-dealkylation sites (tertiary alicyclic amines) is 1. The van der Waals surface area contributed by atoms with Crippen LogP contribution in [0.5, 0.6) is 0 Å². The Labute approximate surface area is 126 Å². The molecule has 1 aromatic rings. The molecule has 1 atom stereocenters. The van der Waals surface area contributed by atoms with Crippen molar-refractivity contribution >= 4 is 11.6 Å². The molecule has 0 radical (unpaired) electrons. The van der Waals surface area contributed by atoms with Crippen LogP contribution in [0.2, 0.25) is 5.02 Å². The summed E-state index contributed by atoms with van der Waals surface area (Å²) in [6, 6.07) is 5.20. The molecule has 1 saturated heterocycles. The van der Waals surface area contributed by atoms with Crippen molar-refractivity contribution in [1.82, 2.24) is 10.2 Å². The normalized spacial score (nSPS) is 19.2. The van der Waals surface area contributed by atoms with Crippen molar-refractivity contribution in [1.29, 1.82) is 0 Å². The number of hydrogen-bond donors (Lipinski definition) is 1. The van der Waals surface area contributed by atoms with Crippen LogP contribution in [0.4, 0.5) is 4.39 Å². The van der Waals surface area contributed by atoms with Crippen molar-refractivity contribution < 1.29 is 4.39 Å². The molecule has 0 bridgehead atoms. The lowest BCUT2D eigenvalue weighted by Crippen LogP contribution is -2.32. The second-order valence-electron chi connectivity index (χ2n) is 5.88. The van der Waals surface area contributed by atoms with E-state index in [1.54, 1.807) is 6.07 Å². The second kappa shape index (κ2) is 7.39. The van der Waals surface area contributed by atoms with Gasteiger partial charge in [-0.05, 0) is 76.5 Å². The van der Waals surface area contributed by atoms with Crippen LogP contribution in [0, 0.1) is 11.7 Å². The summed E-state index contributed by atoms with van der Waals surface area (Å²) in [5, 5.41) is 3.67. The van der Waals surface area contributed by atoms with E-state index in [1.807, 2.05) is 6.07 Å². The molecule has 20 heavy (non-hydrogen) atoms. The van der Waals surface area contributed by atoms with E-state index in [0.29, 0.717) is 0 Å². The Morgan fingerprint density at radius 3 is 2.75 bits per heavy atom. The summed E-state index contributed by atoms with van der Waals surface area (Å²) in [5.41, 5.74) is 0.954. The average molecular weight is 299 g/mol.